The molecular weight excluding hydrogens is 288 g/mol. The summed E-state index contributed by atoms with van der Waals surface area (Å²) in [6.07, 6.45) is 2.20. The lowest BCUT2D eigenvalue weighted by Crippen LogP contribution is -2.14. The van der Waals surface area contributed by atoms with Crippen LogP contribution in [0.3, 0.4) is 0 Å². The van der Waals surface area contributed by atoms with E-state index in [4.69, 9.17) is 4.74 Å². The fraction of sp³-hybridized carbons (Fsp3) is 0.211. The van der Waals surface area contributed by atoms with Gasteiger partial charge in [-0.2, -0.15) is 0 Å². The summed E-state index contributed by atoms with van der Waals surface area (Å²) in [7, 11) is 1.64. The molecule has 4 heteroatoms. The molecule has 0 saturated carbocycles. The van der Waals surface area contributed by atoms with Crippen molar-refractivity contribution in [2.24, 2.45) is 0 Å². The summed E-state index contributed by atoms with van der Waals surface area (Å²) < 4.78 is 5.26. The van der Waals surface area contributed by atoms with Crippen molar-refractivity contribution in [3.05, 3.63) is 59.3 Å². The second-order valence-corrected chi connectivity index (χ2v) is 5.75. The molecular formula is C19H20N2O2. The Morgan fingerprint density at radius 2 is 1.96 bits per heavy atom. The Labute approximate surface area is 135 Å². The third kappa shape index (κ3) is 3.21. The number of ether oxygens (including phenoxy) is 1. The van der Waals surface area contributed by atoms with Crippen LogP contribution in [0.2, 0.25) is 0 Å². The minimum atomic E-state index is -0.0306. The van der Waals surface area contributed by atoms with Crippen molar-refractivity contribution >= 4 is 22.5 Å². The lowest BCUT2D eigenvalue weighted by Gasteiger charge is -2.07. The maximum atomic E-state index is 12.3. The van der Waals surface area contributed by atoms with Crippen LogP contribution in [0.25, 0.3) is 10.9 Å². The number of benzene rings is 2. The van der Waals surface area contributed by atoms with Crippen LogP contribution in [0.1, 0.15) is 16.7 Å². The van der Waals surface area contributed by atoms with Crippen molar-refractivity contribution in [1.82, 2.24) is 4.98 Å². The second kappa shape index (κ2) is 6.16. The number of methoxy groups -OCH3 is 1. The lowest BCUT2D eigenvalue weighted by atomic mass is 10.1. The highest BCUT2D eigenvalue weighted by Gasteiger charge is 2.10. The van der Waals surface area contributed by atoms with Crippen LogP contribution in [-0.2, 0) is 11.2 Å². The first-order chi connectivity index (χ1) is 11.1. The Balaban J connectivity index is 1.78. The molecule has 0 fully saturated rings. The predicted molar refractivity (Wildman–Crippen MR) is 93.1 cm³/mol. The van der Waals surface area contributed by atoms with E-state index in [1.54, 1.807) is 7.11 Å². The highest BCUT2D eigenvalue weighted by molar-refractivity contribution is 5.96. The van der Waals surface area contributed by atoms with Gasteiger partial charge in [-0.05, 0) is 60.9 Å². The van der Waals surface area contributed by atoms with Gasteiger partial charge in [-0.25, -0.2) is 0 Å². The molecule has 0 unspecified atom stereocenters. The topological polar surface area (TPSA) is 54.1 Å². The number of anilines is 1. The van der Waals surface area contributed by atoms with Crippen LogP contribution >= 0.6 is 0 Å². The van der Waals surface area contributed by atoms with Crippen LogP contribution < -0.4 is 10.1 Å². The molecule has 0 saturated heterocycles. The fourth-order valence-corrected chi connectivity index (χ4v) is 2.63. The van der Waals surface area contributed by atoms with Crippen LogP contribution in [-0.4, -0.2) is 18.0 Å². The molecule has 0 radical (unpaired) electrons. The van der Waals surface area contributed by atoms with Crippen molar-refractivity contribution in [1.29, 1.82) is 0 Å². The van der Waals surface area contributed by atoms with E-state index >= 15 is 0 Å². The Morgan fingerprint density at radius 3 is 2.70 bits per heavy atom. The second-order valence-electron chi connectivity index (χ2n) is 5.75. The van der Waals surface area contributed by atoms with Gasteiger partial charge in [0, 0.05) is 22.8 Å². The first kappa shape index (κ1) is 15.2. The van der Waals surface area contributed by atoms with Gasteiger partial charge in [-0.15, -0.1) is 0 Å². The quantitative estimate of drug-likeness (QED) is 0.766. The molecule has 1 aromatic heterocycles. The molecule has 1 heterocycles. The molecule has 4 nitrogen and oxygen atoms in total. The minimum Gasteiger partial charge on any atom is -0.497 e. The Kier molecular flexibility index (Phi) is 4.06. The van der Waals surface area contributed by atoms with Crippen molar-refractivity contribution in [2.45, 2.75) is 20.3 Å². The number of hydrogen-bond donors (Lipinski definition) is 2. The van der Waals surface area contributed by atoms with Crippen molar-refractivity contribution < 1.29 is 9.53 Å². The molecule has 0 atom stereocenters. The SMILES string of the molecule is COc1ccc2[nH]cc(CC(=O)Nc3ccc(C)c(C)c3)c2c1. The van der Waals surface area contributed by atoms with E-state index in [1.807, 2.05) is 49.5 Å². The van der Waals surface area contributed by atoms with E-state index in [0.717, 1.165) is 27.9 Å². The number of H-pyrrole nitrogens is 1. The molecule has 0 aliphatic rings. The number of fused-ring (bicyclic) bond motifs is 1. The molecule has 0 aliphatic carbocycles. The summed E-state index contributed by atoms with van der Waals surface area (Å²) in [6, 6.07) is 11.7. The molecule has 2 aromatic carbocycles. The van der Waals surface area contributed by atoms with E-state index in [2.05, 4.69) is 17.2 Å². The van der Waals surface area contributed by atoms with Gasteiger partial charge in [0.25, 0.3) is 0 Å². The van der Waals surface area contributed by atoms with Crippen LogP contribution in [0, 0.1) is 13.8 Å². The van der Waals surface area contributed by atoms with Gasteiger partial charge in [-0.3, -0.25) is 4.79 Å². The van der Waals surface area contributed by atoms with Crippen LogP contribution in [0.5, 0.6) is 5.75 Å². The molecule has 0 aliphatic heterocycles. The zero-order chi connectivity index (χ0) is 16.4. The predicted octanol–water partition coefficient (Wildman–Crippen LogP) is 3.97. The molecule has 23 heavy (non-hydrogen) atoms. The highest BCUT2D eigenvalue weighted by Crippen LogP contribution is 2.24. The monoisotopic (exact) mass is 308 g/mol. The molecule has 0 bridgehead atoms. The zero-order valence-corrected chi connectivity index (χ0v) is 13.6. The van der Waals surface area contributed by atoms with Crippen LogP contribution in [0.15, 0.2) is 42.6 Å². The number of carbonyl (C=O) groups is 1. The summed E-state index contributed by atoms with van der Waals surface area (Å²) in [5.74, 6) is 0.755. The van der Waals surface area contributed by atoms with Gasteiger partial charge in [0.15, 0.2) is 0 Å². The first-order valence-corrected chi connectivity index (χ1v) is 7.58. The van der Waals surface area contributed by atoms with Crippen molar-refractivity contribution in [2.75, 3.05) is 12.4 Å². The van der Waals surface area contributed by atoms with Gasteiger partial charge in [0.2, 0.25) is 5.91 Å². The van der Waals surface area contributed by atoms with Crippen molar-refractivity contribution in [3.63, 3.8) is 0 Å². The normalized spacial score (nSPS) is 10.7. The number of aromatic nitrogens is 1. The number of aromatic amines is 1. The van der Waals surface area contributed by atoms with Crippen molar-refractivity contribution in [3.8, 4) is 5.75 Å². The summed E-state index contributed by atoms with van der Waals surface area (Å²) in [6.45, 7) is 4.09. The molecule has 3 rings (SSSR count). The van der Waals surface area contributed by atoms with Gasteiger partial charge >= 0.3 is 0 Å². The third-order valence-electron chi connectivity index (χ3n) is 4.12. The summed E-state index contributed by atoms with van der Waals surface area (Å²) in [5, 5.41) is 3.97. The number of amides is 1. The van der Waals surface area contributed by atoms with Gasteiger partial charge < -0.3 is 15.0 Å². The first-order valence-electron chi connectivity index (χ1n) is 7.58. The number of nitrogens with one attached hydrogen (secondary N) is 2. The molecule has 118 valence electrons. The maximum Gasteiger partial charge on any atom is 0.228 e. The van der Waals surface area contributed by atoms with E-state index < -0.39 is 0 Å². The number of hydrogen-bond acceptors (Lipinski definition) is 2. The average Bonchev–Trinajstić information content (AvgIpc) is 2.93. The summed E-state index contributed by atoms with van der Waals surface area (Å²) >= 11 is 0. The summed E-state index contributed by atoms with van der Waals surface area (Å²) in [4.78, 5) is 15.5. The standard InChI is InChI=1S/C19H20N2O2/c1-12-4-5-15(8-13(12)2)21-19(22)9-14-11-20-18-7-6-16(23-3)10-17(14)18/h4-8,10-11,20H,9H2,1-3H3,(H,21,22). The Hall–Kier alpha value is -2.75. The third-order valence-corrected chi connectivity index (χ3v) is 4.12. The smallest absolute Gasteiger partial charge is 0.228 e. The van der Waals surface area contributed by atoms with Gasteiger partial charge in [0.1, 0.15) is 5.75 Å². The molecule has 0 spiro atoms. The van der Waals surface area contributed by atoms with E-state index in [-0.39, 0.29) is 5.91 Å². The maximum absolute atomic E-state index is 12.3. The minimum absolute atomic E-state index is 0.0306. The molecule has 2 N–H and O–H groups in total. The molecule has 3 aromatic rings. The number of aryl methyl sites for hydroxylation is 2. The van der Waals surface area contributed by atoms with Crippen LogP contribution in [0.4, 0.5) is 5.69 Å². The number of carbonyl (C=O) groups excluding carboxylic acids is 1. The largest absolute Gasteiger partial charge is 0.497 e. The van der Waals surface area contributed by atoms with Gasteiger partial charge in [-0.1, -0.05) is 6.07 Å². The Morgan fingerprint density at radius 1 is 1.13 bits per heavy atom. The average molecular weight is 308 g/mol. The zero-order valence-electron chi connectivity index (χ0n) is 13.6. The lowest BCUT2D eigenvalue weighted by molar-refractivity contribution is -0.115. The van der Waals surface area contributed by atoms with E-state index in [9.17, 15) is 4.79 Å². The fourth-order valence-electron chi connectivity index (χ4n) is 2.63. The Bertz CT molecular complexity index is 865. The summed E-state index contributed by atoms with van der Waals surface area (Å²) in [5.41, 5.74) is 5.17. The van der Waals surface area contributed by atoms with E-state index in [1.165, 1.54) is 11.1 Å². The molecule has 1 amide bonds. The highest BCUT2D eigenvalue weighted by atomic mass is 16.5. The van der Waals surface area contributed by atoms with Gasteiger partial charge in [0.05, 0.1) is 13.5 Å². The number of rotatable bonds is 4. The van der Waals surface area contributed by atoms with E-state index in [0.29, 0.717) is 6.42 Å².